The maximum atomic E-state index is 12.5. The number of anilines is 1. The molecule has 0 aliphatic carbocycles. The van der Waals surface area contributed by atoms with Crippen molar-refractivity contribution in [1.82, 2.24) is 4.90 Å². The van der Waals surface area contributed by atoms with Gasteiger partial charge in [0, 0.05) is 28.3 Å². The summed E-state index contributed by atoms with van der Waals surface area (Å²) in [6.45, 7) is 3.15. The standard InChI is InChI=1S/C20H22Cl2N2O3/c1-12-17-10-19(27-3)18(26-2)6-13(17)4-5-24(12)11-20(25)23-16-8-14(21)7-15(22)9-16/h6-10,12H,4-5,11H2,1-3H3,(H,23,25)/t12-/m0/s1. The van der Waals surface area contributed by atoms with Crippen LogP contribution >= 0.6 is 23.2 Å². The first kappa shape index (κ1) is 19.8. The van der Waals surface area contributed by atoms with Crippen molar-refractivity contribution in [3.63, 3.8) is 0 Å². The number of hydrogen-bond acceptors (Lipinski definition) is 4. The van der Waals surface area contributed by atoms with Crippen LogP contribution in [-0.2, 0) is 11.2 Å². The summed E-state index contributed by atoms with van der Waals surface area (Å²) in [6.07, 6.45) is 0.844. The van der Waals surface area contributed by atoms with Gasteiger partial charge in [-0.05, 0) is 54.8 Å². The number of nitrogens with zero attached hydrogens (tertiary/aromatic N) is 1. The Bertz CT molecular complexity index is 837. The first-order chi connectivity index (χ1) is 12.9. The average molecular weight is 409 g/mol. The van der Waals surface area contributed by atoms with Gasteiger partial charge in [-0.2, -0.15) is 0 Å². The van der Waals surface area contributed by atoms with Gasteiger partial charge in [0.05, 0.1) is 20.8 Å². The summed E-state index contributed by atoms with van der Waals surface area (Å²) in [5.41, 5.74) is 2.96. The van der Waals surface area contributed by atoms with Gasteiger partial charge in [0.2, 0.25) is 5.91 Å². The molecule has 5 nitrogen and oxygen atoms in total. The van der Waals surface area contributed by atoms with Crippen molar-refractivity contribution in [2.45, 2.75) is 19.4 Å². The van der Waals surface area contributed by atoms with Crippen LogP contribution in [0.2, 0.25) is 10.0 Å². The van der Waals surface area contributed by atoms with Crippen LogP contribution in [0.5, 0.6) is 11.5 Å². The van der Waals surface area contributed by atoms with Gasteiger partial charge in [-0.25, -0.2) is 0 Å². The Kier molecular flexibility index (Phi) is 6.15. The van der Waals surface area contributed by atoms with Gasteiger partial charge in [-0.3, -0.25) is 9.69 Å². The van der Waals surface area contributed by atoms with Gasteiger partial charge in [-0.1, -0.05) is 23.2 Å². The molecular formula is C20H22Cl2N2O3. The molecule has 7 heteroatoms. The van der Waals surface area contributed by atoms with Gasteiger partial charge in [0.15, 0.2) is 11.5 Å². The molecule has 1 atom stereocenters. The number of rotatable bonds is 5. The Balaban J connectivity index is 1.73. The first-order valence-electron chi connectivity index (χ1n) is 8.66. The highest BCUT2D eigenvalue weighted by Gasteiger charge is 2.27. The largest absolute Gasteiger partial charge is 0.493 e. The van der Waals surface area contributed by atoms with E-state index in [1.807, 2.05) is 12.1 Å². The van der Waals surface area contributed by atoms with Gasteiger partial charge < -0.3 is 14.8 Å². The Morgan fingerprint density at radius 3 is 2.37 bits per heavy atom. The van der Waals surface area contributed by atoms with E-state index in [0.29, 0.717) is 21.5 Å². The molecule has 1 heterocycles. The molecule has 0 bridgehead atoms. The van der Waals surface area contributed by atoms with Crippen molar-refractivity contribution in [2.24, 2.45) is 0 Å². The molecule has 0 unspecified atom stereocenters. The van der Waals surface area contributed by atoms with Gasteiger partial charge in [0.1, 0.15) is 0 Å². The number of amides is 1. The summed E-state index contributed by atoms with van der Waals surface area (Å²) in [5, 5.41) is 3.83. The van der Waals surface area contributed by atoms with Gasteiger partial charge >= 0.3 is 0 Å². The molecule has 0 saturated heterocycles. The highest BCUT2D eigenvalue weighted by Crippen LogP contribution is 2.37. The second kappa shape index (κ2) is 8.38. The third-order valence-corrected chi connectivity index (χ3v) is 5.24. The van der Waals surface area contributed by atoms with Crippen LogP contribution in [0.1, 0.15) is 24.1 Å². The van der Waals surface area contributed by atoms with Crippen molar-refractivity contribution in [1.29, 1.82) is 0 Å². The summed E-state index contributed by atoms with van der Waals surface area (Å²) in [4.78, 5) is 14.6. The third-order valence-electron chi connectivity index (χ3n) is 4.80. The minimum atomic E-state index is -0.107. The minimum absolute atomic E-state index is 0.0854. The highest BCUT2D eigenvalue weighted by atomic mass is 35.5. The topological polar surface area (TPSA) is 50.8 Å². The fraction of sp³-hybridized carbons (Fsp3) is 0.350. The number of benzene rings is 2. The zero-order valence-corrected chi connectivity index (χ0v) is 17.0. The Morgan fingerprint density at radius 2 is 1.74 bits per heavy atom. The van der Waals surface area contributed by atoms with E-state index in [-0.39, 0.29) is 18.5 Å². The molecule has 3 rings (SSSR count). The second-order valence-corrected chi connectivity index (χ2v) is 7.38. The molecule has 27 heavy (non-hydrogen) atoms. The number of carbonyl (C=O) groups excluding carboxylic acids is 1. The van der Waals surface area contributed by atoms with Crippen LogP contribution in [0.25, 0.3) is 0 Å². The van der Waals surface area contributed by atoms with Crippen molar-refractivity contribution < 1.29 is 14.3 Å². The predicted octanol–water partition coefficient (Wildman–Crippen LogP) is 4.57. The number of halogens is 2. The van der Waals surface area contributed by atoms with Crippen molar-refractivity contribution in [2.75, 3.05) is 32.6 Å². The highest BCUT2D eigenvalue weighted by molar-refractivity contribution is 6.35. The van der Waals surface area contributed by atoms with Gasteiger partial charge in [0.25, 0.3) is 0 Å². The van der Waals surface area contributed by atoms with E-state index in [4.69, 9.17) is 32.7 Å². The Labute approximate surface area is 169 Å². The zero-order chi connectivity index (χ0) is 19.6. The molecule has 1 amide bonds. The molecule has 0 aromatic heterocycles. The molecule has 1 N–H and O–H groups in total. The van der Waals surface area contributed by atoms with Crippen molar-refractivity contribution in [3.05, 3.63) is 51.5 Å². The van der Waals surface area contributed by atoms with Crippen LogP contribution in [-0.4, -0.2) is 38.1 Å². The predicted molar refractivity (Wildman–Crippen MR) is 108 cm³/mol. The molecule has 0 spiro atoms. The molecule has 1 aliphatic rings. The maximum absolute atomic E-state index is 12.5. The van der Waals surface area contributed by atoms with E-state index in [0.717, 1.165) is 24.3 Å². The monoisotopic (exact) mass is 408 g/mol. The number of fused-ring (bicyclic) bond motifs is 1. The number of carbonyl (C=O) groups is 1. The lowest BCUT2D eigenvalue weighted by Gasteiger charge is -2.35. The number of hydrogen-bond donors (Lipinski definition) is 1. The quantitative estimate of drug-likeness (QED) is 0.786. The summed E-state index contributed by atoms with van der Waals surface area (Å²) >= 11 is 12.0. The molecular weight excluding hydrogens is 387 g/mol. The second-order valence-electron chi connectivity index (χ2n) is 6.51. The third kappa shape index (κ3) is 4.49. The summed E-state index contributed by atoms with van der Waals surface area (Å²) < 4.78 is 10.8. The Morgan fingerprint density at radius 1 is 1.11 bits per heavy atom. The lowest BCUT2D eigenvalue weighted by molar-refractivity contribution is -0.117. The summed E-state index contributed by atoms with van der Waals surface area (Å²) in [5.74, 6) is 1.32. The number of nitrogens with one attached hydrogen (secondary N) is 1. The molecule has 144 valence electrons. The molecule has 0 saturated carbocycles. The average Bonchev–Trinajstić information content (AvgIpc) is 2.62. The smallest absolute Gasteiger partial charge is 0.238 e. The van der Waals surface area contributed by atoms with Crippen molar-refractivity contribution >= 4 is 34.8 Å². The molecule has 0 fully saturated rings. The number of methoxy groups -OCH3 is 2. The fourth-order valence-corrected chi connectivity index (χ4v) is 3.95. The summed E-state index contributed by atoms with van der Waals surface area (Å²) in [7, 11) is 3.26. The van der Waals surface area contributed by atoms with Crippen LogP contribution in [0.3, 0.4) is 0 Å². The molecule has 2 aromatic rings. The lowest BCUT2D eigenvalue weighted by atomic mass is 9.93. The lowest BCUT2D eigenvalue weighted by Crippen LogP contribution is -2.39. The van der Waals surface area contributed by atoms with Crippen molar-refractivity contribution in [3.8, 4) is 11.5 Å². The zero-order valence-electron chi connectivity index (χ0n) is 15.5. The van der Waals surface area contributed by atoms with Crippen LogP contribution in [0.4, 0.5) is 5.69 Å². The fourth-order valence-electron chi connectivity index (χ4n) is 3.42. The van der Waals surface area contributed by atoms with E-state index in [2.05, 4.69) is 17.1 Å². The Hall–Kier alpha value is -1.95. The van der Waals surface area contributed by atoms with E-state index < -0.39 is 0 Å². The van der Waals surface area contributed by atoms with Crippen LogP contribution < -0.4 is 14.8 Å². The number of ether oxygens (including phenoxy) is 2. The normalized spacial score (nSPS) is 16.6. The molecule has 1 aliphatic heterocycles. The first-order valence-corrected chi connectivity index (χ1v) is 9.41. The van der Waals surface area contributed by atoms with Gasteiger partial charge in [-0.15, -0.1) is 0 Å². The molecule has 0 radical (unpaired) electrons. The van der Waals surface area contributed by atoms with Crippen LogP contribution in [0, 0.1) is 0 Å². The van der Waals surface area contributed by atoms with E-state index in [1.165, 1.54) is 5.56 Å². The molecule has 2 aromatic carbocycles. The van der Waals surface area contributed by atoms with Crippen LogP contribution in [0.15, 0.2) is 30.3 Å². The van der Waals surface area contributed by atoms with E-state index in [9.17, 15) is 4.79 Å². The van der Waals surface area contributed by atoms with E-state index in [1.54, 1.807) is 32.4 Å². The van der Waals surface area contributed by atoms with E-state index >= 15 is 0 Å². The minimum Gasteiger partial charge on any atom is -0.493 e. The summed E-state index contributed by atoms with van der Waals surface area (Å²) in [6, 6.07) is 9.09. The SMILES string of the molecule is COc1cc2c(cc1OC)[C@H](C)N(CC(=O)Nc1cc(Cl)cc(Cl)c1)CC2. The maximum Gasteiger partial charge on any atom is 0.238 e.